The van der Waals surface area contributed by atoms with E-state index >= 15 is 0 Å². The molecule has 0 bridgehead atoms. The van der Waals surface area contributed by atoms with Crippen molar-refractivity contribution in [2.75, 3.05) is 27.4 Å². The van der Waals surface area contributed by atoms with Crippen LogP contribution in [0.1, 0.15) is 15.9 Å². The van der Waals surface area contributed by atoms with Crippen molar-refractivity contribution in [3.8, 4) is 11.5 Å². The summed E-state index contributed by atoms with van der Waals surface area (Å²) in [4.78, 5) is 23.8. The standard InChI is InChI=1S/C19H20FNO5/c1-24-16-9-14(10-17(11-16)25-2)19(23)26-12-18(22)21-8-7-13-3-5-15(20)6-4-13/h3-6,9-11H,7-8,12H2,1-2H3,(H,21,22). The summed E-state index contributed by atoms with van der Waals surface area (Å²) in [5, 5.41) is 2.64. The Balaban J connectivity index is 1.79. The van der Waals surface area contributed by atoms with Crippen molar-refractivity contribution in [1.29, 1.82) is 0 Å². The number of esters is 1. The van der Waals surface area contributed by atoms with Gasteiger partial charge in [-0.25, -0.2) is 9.18 Å². The molecule has 2 rings (SSSR count). The second kappa shape index (κ2) is 9.41. The van der Waals surface area contributed by atoms with Crippen LogP contribution in [-0.4, -0.2) is 39.2 Å². The molecular formula is C19H20FNO5. The number of carbonyl (C=O) groups is 2. The molecule has 7 heteroatoms. The highest BCUT2D eigenvalue weighted by Gasteiger charge is 2.13. The predicted molar refractivity (Wildman–Crippen MR) is 92.9 cm³/mol. The normalized spacial score (nSPS) is 10.1. The number of halogens is 1. The van der Waals surface area contributed by atoms with Crippen LogP contribution in [0.25, 0.3) is 0 Å². The summed E-state index contributed by atoms with van der Waals surface area (Å²) in [6, 6.07) is 10.6. The molecule has 0 radical (unpaired) electrons. The SMILES string of the molecule is COc1cc(OC)cc(C(=O)OCC(=O)NCCc2ccc(F)cc2)c1. The Labute approximate surface area is 150 Å². The first-order valence-electron chi connectivity index (χ1n) is 7.93. The van der Waals surface area contributed by atoms with Crippen molar-refractivity contribution in [2.45, 2.75) is 6.42 Å². The van der Waals surface area contributed by atoms with Crippen LogP contribution in [0.5, 0.6) is 11.5 Å². The molecule has 0 aliphatic rings. The minimum atomic E-state index is -0.657. The molecule has 1 N–H and O–H groups in total. The van der Waals surface area contributed by atoms with Crippen LogP contribution < -0.4 is 14.8 Å². The zero-order valence-electron chi connectivity index (χ0n) is 14.6. The third-order valence-corrected chi connectivity index (χ3v) is 3.57. The van der Waals surface area contributed by atoms with Crippen molar-refractivity contribution < 1.29 is 28.2 Å². The van der Waals surface area contributed by atoms with Crippen molar-refractivity contribution in [3.63, 3.8) is 0 Å². The van der Waals surface area contributed by atoms with Gasteiger partial charge in [-0.2, -0.15) is 0 Å². The maximum absolute atomic E-state index is 12.8. The number of rotatable bonds is 8. The molecule has 0 saturated heterocycles. The number of ether oxygens (including phenoxy) is 3. The highest BCUT2D eigenvalue weighted by atomic mass is 19.1. The van der Waals surface area contributed by atoms with Crippen LogP contribution >= 0.6 is 0 Å². The molecule has 0 atom stereocenters. The van der Waals surface area contributed by atoms with Gasteiger partial charge in [0.2, 0.25) is 0 Å². The fourth-order valence-electron chi connectivity index (χ4n) is 2.19. The molecule has 138 valence electrons. The summed E-state index contributed by atoms with van der Waals surface area (Å²) in [6.07, 6.45) is 0.549. The monoisotopic (exact) mass is 361 g/mol. The molecule has 0 aromatic heterocycles. The van der Waals surface area contributed by atoms with Gasteiger partial charge in [-0.1, -0.05) is 12.1 Å². The lowest BCUT2D eigenvalue weighted by Crippen LogP contribution is -2.30. The smallest absolute Gasteiger partial charge is 0.338 e. The molecule has 2 aromatic carbocycles. The van der Waals surface area contributed by atoms with Gasteiger partial charge in [-0.3, -0.25) is 4.79 Å². The molecule has 2 aromatic rings. The summed E-state index contributed by atoms with van der Waals surface area (Å²) in [5.74, 6) is -0.495. The topological polar surface area (TPSA) is 73.9 Å². The molecule has 0 fully saturated rings. The number of amides is 1. The van der Waals surface area contributed by atoms with E-state index < -0.39 is 18.5 Å². The number of carbonyl (C=O) groups excluding carboxylic acids is 2. The lowest BCUT2D eigenvalue weighted by molar-refractivity contribution is -0.124. The first kappa shape index (κ1) is 19.2. The van der Waals surface area contributed by atoms with Crippen LogP contribution in [0.15, 0.2) is 42.5 Å². The molecule has 0 spiro atoms. The van der Waals surface area contributed by atoms with Gasteiger partial charge in [0, 0.05) is 12.6 Å². The molecular weight excluding hydrogens is 341 g/mol. The van der Waals surface area contributed by atoms with Crippen molar-refractivity contribution in [3.05, 3.63) is 59.4 Å². The van der Waals surface area contributed by atoms with E-state index in [-0.39, 0.29) is 11.4 Å². The van der Waals surface area contributed by atoms with Gasteiger partial charge in [0.25, 0.3) is 5.91 Å². The Morgan fingerprint density at radius 2 is 1.62 bits per heavy atom. The largest absolute Gasteiger partial charge is 0.497 e. The van der Waals surface area contributed by atoms with E-state index in [1.165, 1.54) is 38.5 Å². The molecule has 1 amide bonds. The Bertz CT molecular complexity index is 739. The maximum atomic E-state index is 12.8. The minimum absolute atomic E-state index is 0.223. The van der Waals surface area contributed by atoms with Gasteiger partial charge in [-0.05, 0) is 36.2 Å². The third kappa shape index (κ3) is 5.77. The van der Waals surface area contributed by atoms with Crippen molar-refractivity contribution in [2.24, 2.45) is 0 Å². The summed E-state index contributed by atoms with van der Waals surface area (Å²) in [7, 11) is 2.94. The van der Waals surface area contributed by atoms with Crippen LogP contribution in [0.2, 0.25) is 0 Å². The number of hydrogen-bond acceptors (Lipinski definition) is 5. The highest BCUT2D eigenvalue weighted by molar-refractivity contribution is 5.92. The number of hydrogen-bond donors (Lipinski definition) is 1. The number of nitrogens with one attached hydrogen (secondary N) is 1. The molecule has 0 unspecified atom stereocenters. The fourth-order valence-corrected chi connectivity index (χ4v) is 2.19. The Kier molecular flexibility index (Phi) is 6.96. The molecule has 26 heavy (non-hydrogen) atoms. The Morgan fingerprint density at radius 1 is 1.00 bits per heavy atom. The first-order chi connectivity index (χ1) is 12.5. The van der Waals surface area contributed by atoms with E-state index in [4.69, 9.17) is 14.2 Å². The second-order valence-corrected chi connectivity index (χ2v) is 5.40. The highest BCUT2D eigenvalue weighted by Crippen LogP contribution is 2.22. The maximum Gasteiger partial charge on any atom is 0.338 e. The van der Waals surface area contributed by atoms with Gasteiger partial charge in [0.15, 0.2) is 6.61 Å². The van der Waals surface area contributed by atoms with E-state index in [1.54, 1.807) is 18.2 Å². The van der Waals surface area contributed by atoms with Crippen LogP contribution in [0.4, 0.5) is 4.39 Å². The molecule has 0 saturated carbocycles. The average molecular weight is 361 g/mol. The summed E-state index contributed by atoms with van der Waals surface area (Å²) >= 11 is 0. The van der Waals surface area contributed by atoms with Gasteiger partial charge in [0.05, 0.1) is 19.8 Å². The van der Waals surface area contributed by atoms with Gasteiger partial charge < -0.3 is 19.5 Å². The van der Waals surface area contributed by atoms with Crippen molar-refractivity contribution >= 4 is 11.9 Å². The van der Waals surface area contributed by atoms with Crippen molar-refractivity contribution in [1.82, 2.24) is 5.32 Å². The van der Waals surface area contributed by atoms with Crippen LogP contribution in [-0.2, 0) is 16.0 Å². The van der Waals surface area contributed by atoms with Crippen LogP contribution in [0, 0.1) is 5.82 Å². The van der Waals surface area contributed by atoms with E-state index in [0.717, 1.165) is 5.56 Å². The molecule has 0 aliphatic heterocycles. The summed E-state index contributed by atoms with van der Waals surface area (Å²) in [6.45, 7) is -0.0449. The van der Waals surface area contributed by atoms with E-state index in [2.05, 4.69) is 5.32 Å². The minimum Gasteiger partial charge on any atom is -0.497 e. The Morgan fingerprint density at radius 3 is 2.19 bits per heavy atom. The van der Waals surface area contributed by atoms with Gasteiger partial charge in [-0.15, -0.1) is 0 Å². The van der Waals surface area contributed by atoms with E-state index in [1.807, 2.05) is 0 Å². The quantitative estimate of drug-likeness (QED) is 0.731. The predicted octanol–water partition coefficient (Wildman–Crippen LogP) is 2.36. The molecule has 0 heterocycles. The summed E-state index contributed by atoms with van der Waals surface area (Å²) < 4.78 is 28.0. The Hall–Kier alpha value is -3.09. The van der Waals surface area contributed by atoms with E-state index in [9.17, 15) is 14.0 Å². The lowest BCUT2D eigenvalue weighted by atomic mass is 10.1. The number of benzene rings is 2. The van der Waals surface area contributed by atoms with Gasteiger partial charge >= 0.3 is 5.97 Å². The third-order valence-electron chi connectivity index (χ3n) is 3.57. The molecule has 6 nitrogen and oxygen atoms in total. The van der Waals surface area contributed by atoms with E-state index in [0.29, 0.717) is 24.5 Å². The molecule has 0 aliphatic carbocycles. The lowest BCUT2D eigenvalue weighted by Gasteiger charge is -2.09. The zero-order valence-corrected chi connectivity index (χ0v) is 14.6. The fraction of sp³-hybridized carbons (Fsp3) is 0.263. The first-order valence-corrected chi connectivity index (χ1v) is 7.93. The average Bonchev–Trinajstić information content (AvgIpc) is 2.67. The summed E-state index contributed by atoms with van der Waals surface area (Å²) in [5.41, 5.74) is 1.12. The second-order valence-electron chi connectivity index (χ2n) is 5.40. The van der Waals surface area contributed by atoms with Crippen LogP contribution in [0.3, 0.4) is 0 Å². The number of methoxy groups -OCH3 is 2. The zero-order chi connectivity index (χ0) is 18.9. The van der Waals surface area contributed by atoms with Gasteiger partial charge in [0.1, 0.15) is 17.3 Å².